The van der Waals surface area contributed by atoms with Crippen molar-refractivity contribution in [1.82, 2.24) is 4.90 Å². The second-order valence-corrected chi connectivity index (χ2v) is 6.58. The van der Waals surface area contributed by atoms with E-state index in [1.807, 2.05) is 29.6 Å². The van der Waals surface area contributed by atoms with E-state index in [-0.39, 0.29) is 30.8 Å². The van der Waals surface area contributed by atoms with Gasteiger partial charge >= 0.3 is 0 Å². The van der Waals surface area contributed by atoms with Gasteiger partial charge in [-0.1, -0.05) is 12.1 Å². The van der Waals surface area contributed by atoms with Gasteiger partial charge in [0.2, 0.25) is 5.91 Å². The Balaban J connectivity index is 0.00000208. The van der Waals surface area contributed by atoms with Gasteiger partial charge in [0.25, 0.3) is 5.91 Å². The number of halogens is 1. The zero-order chi connectivity index (χ0) is 16.4. The Kier molecular flexibility index (Phi) is 5.85. The van der Waals surface area contributed by atoms with Gasteiger partial charge in [0, 0.05) is 25.0 Å². The predicted octanol–water partition coefficient (Wildman–Crippen LogP) is 2.80. The van der Waals surface area contributed by atoms with Crippen LogP contribution in [-0.4, -0.2) is 36.9 Å². The molecule has 2 heterocycles. The molecule has 0 spiro atoms. The van der Waals surface area contributed by atoms with Crippen LogP contribution < -0.4 is 10.6 Å². The Labute approximate surface area is 151 Å². The molecule has 1 aliphatic rings. The molecule has 0 bridgehead atoms. The Morgan fingerprint density at radius 3 is 2.79 bits per heavy atom. The number of nitrogens with two attached hydrogens (primary N) is 1. The summed E-state index contributed by atoms with van der Waals surface area (Å²) in [6.45, 7) is 0.724. The van der Waals surface area contributed by atoms with Gasteiger partial charge in [0.1, 0.15) is 6.54 Å². The lowest BCUT2D eigenvalue weighted by Gasteiger charge is -2.31. The Bertz CT molecular complexity index is 733. The van der Waals surface area contributed by atoms with Crippen molar-refractivity contribution in [3.05, 3.63) is 46.2 Å². The first-order valence-electron chi connectivity index (χ1n) is 7.54. The molecule has 2 N–H and O–H groups in total. The molecule has 0 atom stereocenters. The molecule has 0 aliphatic carbocycles. The number of carbonyl (C=O) groups excluding carboxylic acids is 2. The highest BCUT2D eigenvalue weighted by Gasteiger charge is 2.25. The van der Waals surface area contributed by atoms with E-state index in [4.69, 9.17) is 5.73 Å². The van der Waals surface area contributed by atoms with Gasteiger partial charge in [-0.2, -0.15) is 0 Å². The van der Waals surface area contributed by atoms with Crippen molar-refractivity contribution in [3.8, 4) is 0 Å². The first-order valence-corrected chi connectivity index (χ1v) is 8.42. The van der Waals surface area contributed by atoms with Crippen molar-refractivity contribution in [3.63, 3.8) is 0 Å². The van der Waals surface area contributed by atoms with Crippen molar-refractivity contribution >= 4 is 46.9 Å². The van der Waals surface area contributed by atoms with Crippen LogP contribution in [0, 0.1) is 0 Å². The number of amides is 2. The van der Waals surface area contributed by atoms with E-state index in [1.54, 1.807) is 18.0 Å². The second-order valence-electron chi connectivity index (χ2n) is 5.63. The molecule has 1 aliphatic heterocycles. The number of hydrogen-bond acceptors (Lipinski definition) is 4. The maximum atomic E-state index is 12.7. The van der Waals surface area contributed by atoms with Crippen LogP contribution in [0.4, 0.5) is 11.4 Å². The third kappa shape index (κ3) is 3.55. The van der Waals surface area contributed by atoms with E-state index in [0.717, 1.165) is 29.8 Å². The number of fused-ring (bicyclic) bond motifs is 1. The third-order valence-corrected chi connectivity index (χ3v) is 4.90. The summed E-state index contributed by atoms with van der Waals surface area (Å²) in [4.78, 5) is 28.8. The topological polar surface area (TPSA) is 66.6 Å². The first-order chi connectivity index (χ1) is 11.1. The molecule has 0 saturated carbocycles. The SMILES string of the molecule is CN(CC(=O)N1CCCc2c(N)cccc21)C(=O)c1cccs1.Cl. The number of hydrogen-bond donors (Lipinski definition) is 1. The minimum atomic E-state index is -0.127. The van der Waals surface area contributed by atoms with Gasteiger partial charge < -0.3 is 15.5 Å². The summed E-state index contributed by atoms with van der Waals surface area (Å²) < 4.78 is 0. The highest BCUT2D eigenvalue weighted by atomic mass is 35.5. The standard InChI is InChI=1S/C17H19N3O2S.ClH/c1-19(17(22)15-8-4-10-23-15)11-16(21)20-9-3-5-12-13(18)6-2-7-14(12)20;/h2,4,6-8,10H,3,5,9,11,18H2,1H3;1H. The van der Waals surface area contributed by atoms with Gasteiger partial charge in [0.05, 0.1) is 4.88 Å². The number of rotatable bonds is 3. The minimum absolute atomic E-state index is 0. The van der Waals surface area contributed by atoms with E-state index < -0.39 is 0 Å². The molecule has 2 aromatic rings. The van der Waals surface area contributed by atoms with E-state index in [1.165, 1.54) is 16.2 Å². The van der Waals surface area contributed by atoms with Crippen molar-refractivity contribution in [2.75, 3.05) is 30.8 Å². The zero-order valence-electron chi connectivity index (χ0n) is 13.4. The van der Waals surface area contributed by atoms with Crippen molar-refractivity contribution in [2.45, 2.75) is 12.8 Å². The highest BCUT2D eigenvalue weighted by molar-refractivity contribution is 7.12. The van der Waals surface area contributed by atoms with Crippen LogP contribution in [0.1, 0.15) is 21.7 Å². The number of thiophene rings is 1. The normalized spacial score (nSPS) is 13.0. The Morgan fingerprint density at radius 1 is 1.29 bits per heavy atom. The number of benzene rings is 1. The van der Waals surface area contributed by atoms with Crippen LogP contribution in [0.25, 0.3) is 0 Å². The first kappa shape index (κ1) is 18.3. The molecule has 0 radical (unpaired) electrons. The molecule has 0 unspecified atom stereocenters. The highest BCUT2D eigenvalue weighted by Crippen LogP contribution is 2.31. The lowest BCUT2D eigenvalue weighted by molar-refractivity contribution is -0.119. The van der Waals surface area contributed by atoms with Crippen molar-refractivity contribution < 1.29 is 9.59 Å². The monoisotopic (exact) mass is 365 g/mol. The summed E-state index contributed by atoms with van der Waals surface area (Å²) >= 11 is 1.38. The van der Waals surface area contributed by atoms with E-state index in [2.05, 4.69) is 0 Å². The molecule has 128 valence electrons. The van der Waals surface area contributed by atoms with Gasteiger partial charge in [-0.05, 0) is 42.0 Å². The van der Waals surface area contributed by atoms with Gasteiger partial charge in [-0.25, -0.2) is 0 Å². The predicted molar refractivity (Wildman–Crippen MR) is 100 cm³/mol. The van der Waals surface area contributed by atoms with Gasteiger partial charge in [0.15, 0.2) is 0 Å². The number of nitrogens with zero attached hydrogens (tertiary/aromatic N) is 2. The third-order valence-electron chi connectivity index (χ3n) is 4.04. The Morgan fingerprint density at radius 2 is 2.08 bits per heavy atom. The van der Waals surface area contributed by atoms with Crippen LogP contribution >= 0.6 is 23.7 Å². The lowest BCUT2D eigenvalue weighted by Crippen LogP contribution is -2.43. The average molecular weight is 366 g/mol. The number of nitrogen functional groups attached to an aromatic ring is 1. The zero-order valence-corrected chi connectivity index (χ0v) is 15.0. The molecule has 24 heavy (non-hydrogen) atoms. The molecule has 1 aromatic heterocycles. The summed E-state index contributed by atoms with van der Waals surface area (Å²) in [5.41, 5.74) is 8.64. The largest absolute Gasteiger partial charge is 0.398 e. The summed E-state index contributed by atoms with van der Waals surface area (Å²) in [6.07, 6.45) is 1.77. The minimum Gasteiger partial charge on any atom is -0.398 e. The number of carbonyl (C=O) groups is 2. The Hall–Kier alpha value is -2.05. The van der Waals surface area contributed by atoms with Crippen molar-refractivity contribution in [2.24, 2.45) is 0 Å². The molecule has 2 amide bonds. The van der Waals surface area contributed by atoms with Crippen molar-refractivity contribution in [1.29, 1.82) is 0 Å². The lowest BCUT2D eigenvalue weighted by atomic mass is 10.00. The molecule has 0 fully saturated rings. The second kappa shape index (κ2) is 7.68. The van der Waals surface area contributed by atoms with E-state index in [9.17, 15) is 9.59 Å². The summed E-state index contributed by atoms with van der Waals surface area (Å²) in [7, 11) is 1.66. The summed E-state index contributed by atoms with van der Waals surface area (Å²) in [5, 5.41) is 1.85. The van der Waals surface area contributed by atoms with Crippen LogP contribution in [0.15, 0.2) is 35.7 Å². The molecule has 5 nitrogen and oxygen atoms in total. The fraction of sp³-hybridized carbons (Fsp3) is 0.294. The molecule has 0 saturated heterocycles. The molecule has 1 aromatic carbocycles. The average Bonchev–Trinajstić information content (AvgIpc) is 3.08. The van der Waals surface area contributed by atoms with Crippen LogP contribution in [0.3, 0.4) is 0 Å². The van der Waals surface area contributed by atoms with E-state index >= 15 is 0 Å². The molecular formula is C17H20ClN3O2S. The summed E-state index contributed by atoms with van der Waals surface area (Å²) in [5.74, 6) is -0.206. The molecule has 3 rings (SSSR count). The van der Waals surface area contributed by atoms with Crippen LogP contribution in [0.2, 0.25) is 0 Å². The maximum absolute atomic E-state index is 12.7. The maximum Gasteiger partial charge on any atom is 0.264 e. The molecular weight excluding hydrogens is 346 g/mol. The smallest absolute Gasteiger partial charge is 0.264 e. The number of likely N-dealkylation sites (N-methyl/N-ethyl adjacent to an activating group) is 1. The number of anilines is 2. The summed E-state index contributed by atoms with van der Waals surface area (Å²) in [6, 6.07) is 9.24. The fourth-order valence-corrected chi connectivity index (χ4v) is 3.58. The van der Waals surface area contributed by atoms with Crippen LogP contribution in [-0.2, 0) is 11.2 Å². The quantitative estimate of drug-likeness (QED) is 0.850. The van der Waals surface area contributed by atoms with Crippen LogP contribution in [0.5, 0.6) is 0 Å². The van der Waals surface area contributed by atoms with E-state index in [0.29, 0.717) is 11.4 Å². The fourth-order valence-electron chi connectivity index (χ4n) is 2.86. The van der Waals surface area contributed by atoms with Gasteiger partial charge in [-0.3, -0.25) is 9.59 Å². The van der Waals surface area contributed by atoms with Gasteiger partial charge in [-0.15, -0.1) is 23.7 Å². The molecule has 7 heteroatoms.